The predicted octanol–water partition coefficient (Wildman–Crippen LogP) is 3.71. The second kappa shape index (κ2) is 6.08. The van der Waals surface area contributed by atoms with E-state index in [2.05, 4.69) is 29.8 Å². The summed E-state index contributed by atoms with van der Waals surface area (Å²) in [4.78, 5) is 25.3. The Hall–Kier alpha value is -1.16. The van der Waals surface area contributed by atoms with Crippen LogP contribution in [0, 0.1) is 5.92 Å². The molecular weight excluding hydrogens is 318 g/mol. The van der Waals surface area contributed by atoms with Crippen LogP contribution in [0.1, 0.15) is 53.0 Å². The summed E-state index contributed by atoms with van der Waals surface area (Å²) in [6.45, 7) is 4.41. The van der Waals surface area contributed by atoms with Gasteiger partial charge in [0, 0.05) is 17.4 Å². The van der Waals surface area contributed by atoms with Gasteiger partial charge in [0.1, 0.15) is 0 Å². The molecule has 0 aromatic heterocycles. The number of fused-ring (bicyclic) bond motifs is 1. The molecule has 0 bridgehead atoms. The Morgan fingerprint density at radius 3 is 2.60 bits per heavy atom. The van der Waals surface area contributed by atoms with Gasteiger partial charge in [0.05, 0.1) is 6.42 Å². The van der Waals surface area contributed by atoms with Crippen molar-refractivity contribution in [3.63, 3.8) is 0 Å². The SMILES string of the molecule is CC(C)CCC(Br)c1ccc2c(c1)C(=O)N(C)C(=O)C2. The molecule has 1 aromatic carbocycles. The van der Waals surface area contributed by atoms with Crippen molar-refractivity contribution in [1.29, 1.82) is 0 Å². The van der Waals surface area contributed by atoms with Crippen LogP contribution in [-0.2, 0) is 11.2 Å². The van der Waals surface area contributed by atoms with Crippen molar-refractivity contribution in [2.75, 3.05) is 7.05 Å². The molecule has 0 saturated heterocycles. The molecule has 2 amide bonds. The van der Waals surface area contributed by atoms with E-state index < -0.39 is 0 Å². The van der Waals surface area contributed by atoms with Crippen molar-refractivity contribution in [2.24, 2.45) is 5.92 Å². The van der Waals surface area contributed by atoms with Crippen LogP contribution in [0.2, 0.25) is 0 Å². The number of rotatable bonds is 4. The van der Waals surface area contributed by atoms with Crippen LogP contribution in [0.15, 0.2) is 18.2 Å². The number of hydrogen-bond acceptors (Lipinski definition) is 2. The second-order valence-corrected chi connectivity index (χ2v) is 6.90. The Morgan fingerprint density at radius 1 is 1.25 bits per heavy atom. The molecule has 2 rings (SSSR count). The number of likely N-dealkylation sites (N-methyl/N-ethyl adjacent to an activating group) is 1. The first-order valence-corrected chi connectivity index (χ1v) is 7.89. The molecule has 1 unspecified atom stereocenters. The minimum absolute atomic E-state index is 0.134. The lowest BCUT2D eigenvalue weighted by atomic mass is 9.94. The lowest BCUT2D eigenvalue weighted by Gasteiger charge is -2.24. The third-order valence-electron chi connectivity index (χ3n) is 3.74. The van der Waals surface area contributed by atoms with E-state index in [-0.39, 0.29) is 16.6 Å². The van der Waals surface area contributed by atoms with Gasteiger partial charge in [0.25, 0.3) is 5.91 Å². The number of hydrogen-bond donors (Lipinski definition) is 0. The highest BCUT2D eigenvalue weighted by molar-refractivity contribution is 9.09. The van der Waals surface area contributed by atoms with Gasteiger partial charge in [-0.2, -0.15) is 0 Å². The van der Waals surface area contributed by atoms with Gasteiger partial charge in [0.15, 0.2) is 0 Å². The van der Waals surface area contributed by atoms with E-state index >= 15 is 0 Å². The number of carbonyl (C=O) groups is 2. The first-order chi connectivity index (χ1) is 9.40. The first-order valence-electron chi connectivity index (χ1n) is 6.98. The Kier molecular flexibility index (Phi) is 4.63. The molecule has 1 aromatic rings. The average Bonchev–Trinajstić information content (AvgIpc) is 2.42. The van der Waals surface area contributed by atoms with Crippen molar-refractivity contribution in [3.8, 4) is 0 Å². The molecule has 0 spiro atoms. The van der Waals surface area contributed by atoms with Crippen LogP contribution in [0.3, 0.4) is 0 Å². The predicted molar refractivity (Wildman–Crippen MR) is 83.0 cm³/mol. The standard InChI is InChI=1S/C16H20BrNO2/c1-10(2)4-7-14(17)12-6-5-11-9-15(19)18(3)16(20)13(11)8-12/h5-6,8,10,14H,4,7,9H2,1-3H3. The van der Waals surface area contributed by atoms with Crippen LogP contribution < -0.4 is 0 Å². The zero-order valence-electron chi connectivity index (χ0n) is 12.1. The summed E-state index contributed by atoms with van der Waals surface area (Å²) in [6.07, 6.45) is 2.50. The fourth-order valence-corrected chi connectivity index (χ4v) is 2.91. The van der Waals surface area contributed by atoms with E-state index in [1.807, 2.05) is 18.2 Å². The van der Waals surface area contributed by atoms with E-state index in [0.29, 0.717) is 17.9 Å². The largest absolute Gasteiger partial charge is 0.281 e. The zero-order valence-corrected chi connectivity index (χ0v) is 13.7. The van der Waals surface area contributed by atoms with E-state index in [4.69, 9.17) is 0 Å². The van der Waals surface area contributed by atoms with Crippen molar-refractivity contribution in [3.05, 3.63) is 34.9 Å². The maximum absolute atomic E-state index is 12.2. The molecule has 3 nitrogen and oxygen atoms in total. The summed E-state index contributed by atoms with van der Waals surface area (Å²) in [7, 11) is 1.55. The molecule has 4 heteroatoms. The van der Waals surface area contributed by atoms with Gasteiger partial charge in [-0.05, 0) is 36.0 Å². The molecular formula is C16H20BrNO2. The minimum Gasteiger partial charge on any atom is -0.281 e. The molecule has 1 heterocycles. The third kappa shape index (κ3) is 3.11. The topological polar surface area (TPSA) is 37.4 Å². The summed E-state index contributed by atoms with van der Waals surface area (Å²) >= 11 is 3.70. The van der Waals surface area contributed by atoms with E-state index in [9.17, 15) is 9.59 Å². The third-order valence-corrected chi connectivity index (χ3v) is 4.73. The second-order valence-electron chi connectivity index (χ2n) is 5.79. The van der Waals surface area contributed by atoms with Crippen molar-refractivity contribution < 1.29 is 9.59 Å². The number of nitrogens with zero attached hydrogens (tertiary/aromatic N) is 1. The fourth-order valence-electron chi connectivity index (χ4n) is 2.36. The van der Waals surface area contributed by atoms with Crippen LogP contribution in [0.5, 0.6) is 0 Å². The van der Waals surface area contributed by atoms with E-state index in [1.165, 1.54) is 4.90 Å². The highest BCUT2D eigenvalue weighted by Gasteiger charge is 2.28. The van der Waals surface area contributed by atoms with Crippen molar-refractivity contribution in [2.45, 2.75) is 37.9 Å². The van der Waals surface area contributed by atoms with Crippen LogP contribution in [-0.4, -0.2) is 23.8 Å². The first kappa shape index (κ1) is 15.2. The number of alkyl halides is 1. The number of amides is 2. The van der Waals surface area contributed by atoms with Crippen molar-refractivity contribution >= 4 is 27.7 Å². The average molecular weight is 338 g/mol. The highest BCUT2D eigenvalue weighted by atomic mass is 79.9. The van der Waals surface area contributed by atoms with Gasteiger partial charge in [-0.1, -0.05) is 41.9 Å². The molecule has 0 radical (unpaired) electrons. The maximum atomic E-state index is 12.2. The van der Waals surface area contributed by atoms with Gasteiger partial charge < -0.3 is 0 Å². The Bertz CT molecular complexity index is 539. The zero-order chi connectivity index (χ0) is 14.9. The molecule has 1 aliphatic rings. The normalized spacial score (nSPS) is 16.6. The number of carbonyl (C=O) groups excluding carboxylic acids is 2. The molecule has 0 aliphatic carbocycles. The summed E-state index contributed by atoms with van der Waals surface area (Å²) in [5.41, 5.74) is 2.62. The molecule has 0 saturated carbocycles. The number of benzene rings is 1. The number of halogens is 1. The Labute approximate surface area is 128 Å². The van der Waals surface area contributed by atoms with Crippen LogP contribution in [0.25, 0.3) is 0 Å². The van der Waals surface area contributed by atoms with Gasteiger partial charge in [0.2, 0.25) is 5.91 Å². The summed E-state index contributed by atoms with van der Waals surface area (Å²) in [5, 5.41) is 0. The van der Waals surface area contributed by atoms with Gasteiger partial charge in [-0.15, -0.1) is 0 Å². The summed E-state index contributed by atoms with van der Waals surface area (Å²) < 4.78 is 0. The number of imide groups is 1. The maximum Gasteiger partial charge on any atom is 0.260 e. The molecule has 1 atom stereocenters. The highest BCUT2D eigenvalue weighted by Crippen LogP contribution is 2.32. The van der Waals surface area contributed by atoms with E-state index in [1.54, 1.807) is 7.05 Å². The summed E-state index contributed by atoms with van der Waals surface area (Å²) in [6, 6.07) is 5.86. The lowest BCUT2D eigenvalue weighted by Crippen LogP contribution is -2.39. The molecule has 1 aliphatic heterocycles. The molecule has 108 valence electrons. The quantitative estimate of drug-likeness (QED) is 0.620. The Balaban J connectivity index is 2.23. The van der Waals surface area contributed by atoms with Crippen LogP contribution in [0.4, 0.5) is 0 Å². The summed E-state index contributed by atoms with van der Waals surface area (Å²) in [5.74, 6) is 0.338. The molecule has 0 fully saturated rings. The van der Waals surface area contributed by atoms with Gasteiger partial charge >= 0.3 is 0 Å². The van der Waals surface area contributed by atoms with Crippen LogP contribution >= 0.6 is 15.9 Å². The van der Waals surface area contributed by atoms with Crippen molar-refractivity contribution in [1.82, 2.24) is 4.90 Å². The fraction of sp³-hybridized carbons (Fsp3) is 0.500. The van der Waals surface area contributed by atoms with E-state index in [0.717, 1.165) is 24.0 Å². The van der Waals surface area contributed by atoms with Gasteiger partial charge in [-0.25, -0.2) is 0 Å². The Morgan fingerprint density at radius 2 is 1.95 bits per heavy atom. The molecule has 20 heavy (non-hydrogen) atoms. The minimum atomic E-state index is -0.193. The molecule has 0 N–H and O–H groups in total. The smallest absolute Gasteiger partial charge is 0.260 e. The monoisotopic (exact) mass is 337 g/mol. The van der Waals surface area contributed by atoms with Gasteiger partial charge in [-0.3, -0.25) is 14.5 Å². The lowest BCUT2D eigenvalue weighted by molar-refractivity contribution is -0.127.